The third-order valence-corrected chi connectivity index (χ3v) is 12.3. The van der Waals surface area contributed by atoms with Crippen LogP contribution < -0.4 is 5.32 Å². The van der Waals surface area contributed by atoms with Crippen LogP contribution in [0.2, 0.25) is 0 Å². The maximum atomic E-state index is 12.2. The first-order chi connectivity index (χ1) is 18.7. The van der Waals surface area contributed by atoms with E-state index in [0.717, 1.165) is 37.8 Å². The van der Waals surface area contributed by atoms with Crippen molar-refractivity contribution in [1.29, 1.82) is 0 Å². The lowest BCUT2D eigenvalue weighted by molar-refractivity contribution is -0.203. The third kappa shape index (κ3) is 5.37. The smallest absolute Gasteiger partial charge is 0.407 e. The summed E-state index contributed by atoms with van der Waals surface area (Å²) in [6.45, 7) is 10.6. The quantitative estimate of drug-likeness (QED) is 0.376. The molecule has 4 aliphatic carbocycles. The first kappa shape index (κ1) is 28.9. The molecule has 0 bridgehead atoms. The first-order valence-electron chi connectivity index (χ1n) is 15.9. The van der Waals surface area contributed by atoms with E-state index < -0.39 is 0 Å². The summed E-state index contributed by atoms with van der Waals surface area (Å²) in [5.74, 6) is 3.33. The largest absolute Gasteiger partial charge is 0.450 e. The lowest BCUT2D eigenvalue weighted by Crippen LogP contribution is -2.62. The zero-order valence-electron chi connectivity index (χ0n) is 24.6. The molecule has 0 spiro atoms. The lowest BCUT2D eigenvalue weighted by atomic mass is 9.41. The van der Waals surface area contributed by atoms with Crippen molar-refractivity contribution in [2.45, 2.75) is 104 Å². The van der Waals surface area contributed by atoms with Gasteiger partial charge in [0.15, 0.2) is 0 Å². The van der Waals surface area contributed by atoms with Gasteiger partial charge in [-0.05, 0) is 116 Å². The maximum absolute atomic E-state index is 12.2. The topological polar surface area (TPSA) is 91.7 Å². The summed E-state index contributed by atoms with van der Waals surface area (Å²) in [6.07, 6.45) is 11.3. The predicted octanol–water partition coefficient (Wildman–Crippen LogP) is 6.00. The fraction of sp³-hybridized carbons (Fsp3) is 0.818. The van der Waals surface area contributed by atoms with Gasteiger partial charge in [-0.2, -0.15) is 0 Å². The molecule has 3 N–H and O–H groups in total. The van der Waals surface area contributed by atoms with Gasteiger partial charge in [-0.1, -0.05) is 40.2 Å². The summed E-state index contributed by atoms with van der Waals surface area (Å²) in [5.41, 5.74) is 1.44. The van der Waals surface area contributed by atoms with Crippen molar-refractivity contribution in [3.05, 3.63) is 30.1 Å². The van der Waals surface area contributed by atoms with Crippen LogP contribution in [0, 0.1) is 52.3 Å². The van der Waals surface area contributed by atoms with Gasteiger partial charge in [0.2, 0.25) is 0 Å². The second-order valence-electron chi connectivity index (χ2n) is 14.0. The highest BCUT2D eigenvalue weighted by Gasteiger charge is 2.64. The van der Waals surface area contributed by atoms with Crippen LogP contribution in [0.4, 0.5) is 4.79 Å². The Morgan fingerprint density at radius 2 is 1.87 bits per heavy atom. The van der Waals surface area contributed by atoms with Crippen molar-refractivity contribution >= 4 is 6.09 Å². The number of nitrogens with zero attached hydrogens (tertiary/aromatic N) is 1. The zero-order chi connectivity index (χ0) is 27.8. The molecule has 0 aliphatic heterocycles. The zero-order valence-corrected chi connectivity index (χ0v) is 24.6. The highest BCUT2D eigenvalue weighted by Crippen LogP contribution is 2.69. The van der Waals surface area contributed by atoms with Crippen molar-refractivity contribution < 1.29 is 19.7 Å². The van der Waals surface area contributed by atoms with Gasteiger partial charge in [-0.15, -0.1) is 0 Å². The molecule has 11 atom stereocenters. The van der Waals surface area contributed by atoms with Crippen LogP contribution in [0.3, 0.4) is 0 Å². The molecular weight excluding hydrogens is 488 g/mol. The monoisotopic (exact) mass is 540 g/mol. The molecule has 4 aliphatic rings. The number of carbonyl (C=O) groups excluding carboxylic acids is 1. The molecule has 1 aromatic rings. The Morgan fingerprint density at radius 3 is 2.62 bits per heavy atom. The number of carbonyl (C=O) groups is 1. The molecule has 6 nitrogen and oxygen atoms in total. The van der Waals surface area contributed by atoms with Crippen LogP contribution in [0.5, 0.6) is 0 Å². The molecule has 39 heavy (non-hydrogen) atoms. The second-order valence-corrected chi connectivity index (χ2v) is 14.0. The number of alkyl carbamates (subject to hydrolysis) is 1. The van der Waals surface area contributed by atoms with Crippen molar-refractivity contribution in [2.24, 2.45) is 52.3 Å². The average Bonchev–Trinajstić information content (AvgIpc) is 3.27. The average molecular weight is 541 g/mol. The minimum absolute atomic E-state index is 0.198. The molecule has 4 saturated carbocycles. The van der Waals surface area contributed by atoms with Crippen LogP contribution in [0.25, 0.3) is 0 Å². The van der Waals surface area contributed by atoms with Gasteiger partial charge < -0.3 is 20.3 Å². The van der Waals surface area contributed by atoms with Gasteiger partial charge in [0.1, 0.15) is 0 Å². The number of aliphatic hydroxyl groups is 2. The van der Waals surface area contributed by atoms with Crippen LogP contribution in [-0.4, -0.2) is 46.6 Å². The van der Waals surface area contributed by atoms with Crippen LogP contribution in [0.15, 0.2) is 24.4 Å². The summed E-state index contributed by atoms with van der Waals surface area (Å²) in [6, 6.07) is 5.81. The molecule has 5 rings (SSSR count). The SMILES string of the molecule is CC[C@@H]1C2C[C@H](O)CCC2(C)[C@H]2CC[C@]3(C)[C@@H]([C@H](C)CCOC(=O)NCCc4ccccn4)CC[C@H]3C2[C@@H]1O. The van der Waals surface area contributed by atoms with E-state index in [4.69, 9.17) is 4.74 Å². The fourth-order valence-electron chi connectivity index (χ4n) is 10.4. The second kappa shape index (κ2) is 11.7. The predicted molar refractivity (Wildman–Crippen MR) is 153 cm³/mol. The van der Waals surface area contributed by atoms with Gasteiger partial charge in [-0.25, -0.2) is 4.79 Å². The van der Waals surface area contributed by atoms with E-state index in [2.05, 4.69) is 38.0 Å². The van der Waals surface area contributed by atoms with Gasteiger partial charge >= 0.3 is 6.09 Å². The molecule has 6 heteroatoms. The molecule has 1 amide bonds. The lowest BCUT2D eigenvalue weighted by Gasteiger charge is -2.64. The van der Waals surface area contributed by atoms with Gasteiger partial charge in [0.05, 0.1) is 18.8 Å². The Kier molecular flexibility index (Phi) is 8.64. The van der Waals surface area contributed by atoms with Gasteiger partial charge in [0.25, 0.3) is 0 Å². The van der Waals surface area contributed by atoms with Crippen molar-refractivity contribution in [3.63, 3.8) is 0 Å². The molecule has 1 heterocycles. The molecule has 4 fully saturated rings. The summed E-state index contributed by atoms with van der Waals surface area (Å²) >= 11 is 0. The minimum Gasteiger partial charge on any atom is -0.450 e. The fourth-order valence-corrected chi connectivity index (χ4v) is 10.4. The van der Waals surface area contributed by atoms with E-state index in [-0.39, 0.29) is 29.1 Å². The van der Waals surface area contributed by atoms with Crippen LogP contribution >= 0.6 is 0 Å². The molecule has 0 radical (unpaired) electrons. The highest BCUT2D eigenvalue weighted by molar-refractivity contribution is 5.67. The van der Waals surface area contributed by atoms with E-state index in [0.29, 0.717) is 61.0 Å². The Morgan fingerprint density at radius 1 is 1.10 bits per heavy atom. The normalized spacial score (nSPS) is 42.1. The summed E-state index contributed by atoms with van der Waals surface area (Å²) in [5, 5.41) is 25.3. The highest BCUT2D eigenvalue weighted by atomic mass is 16.5. The first-order valence-corrected chi connectivity index (χ1v) is 15.9. The Hall–Kier alpha value is -1.66. The number of nitrogens with one attached hydrogen (secondary N) is 1. The Bertz CT molecular complexity index is 974. The van der Waals surface area contributed by atoms with E-state index in [1.807, 2.05) is 18.2 Å². The number of rotatable bonds is 8. The molecule has 0 saturated heterocycles. The summed E-state index contributed by atoms with van der Waals surface area (Å²) < 4.78 is 5.56. The Labute approximate surface area is 235 Å². The minimum atomic E-state index is -0.342. The van der Waals surface area contributed by atoms with E-state index >= 15 is 0 Å². The summed E-state index contributed by atoms with van der Waals surface area (Å²) in [4.78, 5) is 16.5. The molecular formula is C33H52N2O4. The third-order valence-electron chi connectivity index (χ3n) is 12.3. The number of amides is 1. The Balaban J connectivity index is 1.18. The number of ether oxygens (including phenoxy) is 1. The number of hydrogen-bond acceptors (Lipinski definition) is 5. The maximum Gasteiger partial charge on any atom is 0.407 e. The van der Waals surface area contributed by atoms with Gasteiger partial charge in [-0.3, -0.25) is 4.98 Å². The number of aliphatic hydroxyl groups excluding tert-OH is 2. The molecule has 0 aromatic carbocycles. The number of aromatic nitrogens is 1. The van der Waals surface area contributed by atoms with E-state index in [1.165, 1.54) is 25.7 Å². The standard InChI is InChI=1S/C33H52N2O4/c1-5-24-28-20-23(36)11-15-33(28,4)27-12-16-32(3)25(9-10-26(32)29(27)30(24)37)21(2)14-19-39-31(38)35-18-13-22-8-6-7-17-34-22/h6-8,17,21,23-30,36-37H,5,9-16,18-20H2,1-4H3,(H,35,38)/t21-,23-,24-,25-,26+,27+,28?,29?,30-,32-,33?/m1/s1. The molecule has 218 valence electrons. The van der Waals surface area contributed by atoms with E-state index in [1.54, 1.807) is 6.20 Å². The van der Waals surface area contributed by atoms with Crippen molar-refractivity contribution in [1.82, 2.24) is 10.3 Å². The number of fused-ring (bicyclic) bond motifs is 5. The summed E-state index contributed by atoms with van der Waals surface area (Å²) in [7, 11) is 0. The number of pyridine rings is 1. The van der Waals surface area contributed by atoms with Crippen LogP contribution in [0.1, 0.15) is 91.2 Å². The van der Waals surface area contributed by atoms with Crippen molar-refractivity contribution in [2.75, 3.05) is 13.2 Å². The molecule has 1 aromatic heterocycles. The van der Waals surface area contributed by atoms with Crippen LogP contribution in [-0.2, 0) is 11.2 Å². The van der Waals surface area contributed by atoms with E-state index in [9.17, 15) is 15.0 Å². The number of hydrogen-bond donors (Lipinski definition) is 3. The van der Waals surface area contributed by atoms with Crippen molar-refractivity contribution in [3.8, 4) is 0 Å². The van der Waals surface area contributed by atoms with Gasteiger partial charge in [0, 0.05) is 24.9 Å². The molecule has 3 unspecified atom stereocenters.